The van der Waals surface area contributed by atoms with Crippen LogP contribution in [0, 0.1) is 12.8 Å². The predicted molar refractivity (Wildman–Crippen MR) is 112 cm³/mol. The van der Waals surface area contributed by atoms with Crippen LogP contribution in [0.25, 0.3) is 0 Å². The first-order chi connectivity index (χ1) is 13.0. The number of ether oxygens (including phenoxy) is 1. The van der Waals surface area contributed by atoms with E-state index in [2.05, 4.69) is 10.4 Å². The minimum Gasteiger partial charge on any atom is -0.452 e. The van der Waals surface area contributed by atoms with Crippen molar-refractivity contribution in [1.82, 2.24) is 9.78 Å². The molecular formula is C17H16Cl5N3O3. The first-order valence-electron chi connectivity index (χ1n) is 8.05. The lowest BCUT2D eigenvalue weighted by molar-refractivity contribution is -0.119. The number of anilines is 1. The van der Waals surface area contributed by atoms with Crippen LogP contribution in [0.3, 0.4) is 0 Å². The lowest BCUT2D eigenvalue weighted by Crippen LogP contribution is -2.21. The van der Waals surface area contributed by atoms with E-state index in [0.29, 0.717) is 12.2 Å². The van der Waals surface area contributed by atoms with Gasteiger partial charge in [0.2, 0.25) is 0 Å². The van der Waals surface area contributed by atoms with Crippen LogP contribution in [0.4, 0.5) is 5.69 Å². The highest BCUT2D eigenvalue weighted by Crippen LogP contribution is 2.41. The number of hydrogen-bond acceptors (Lipinski definition) is 4. The van der Waals surface area contributed by atoms with Crippen molar-refractivity contribution in [2.75, 3.05) is 11.9 Å². The second kappa shape index (κ2) is 9.55. The fourth-order valence-corrected chi connectivity index (χ4v) is 3.54. The number of carbonyl (C=O) groups is 2. The molecule has 2 aromatic rings. The number of hydrogen-bond donors (Lipinski definition) is 1. The van der Waals surface area contributed by atoms with Gasteiger partial charge in [0.25, 0.3) is 5.91 Å². The molecule has 152 valence electrons. The van der Waals surface area contributed by atoms with E-state index >= 15 is 0 Å². The van der Waals surface area contributed by atoms with E-state index in [0.717, 1.165) is 0 Å². The molecular weight excluding hydrogens is 471 g/mol. The Bertz CT molecular complexity index is 901. The van der Waals surface area contributed by atoms with Gasteiger partial charge in [-0.2, -0.15) is 5.10 Å². The largest absolute Gasteiger partial charge is 0.452 e. The van der Waals surface area contributed by atoms with Gasteiger partial charge in [0.15, 0.2) is 6.61 Å². The summed E-state index contributed by atoms with van der Waals surface area (Å²) >= 11 is 30.1. The predicted octanol–water partition coefficient (Wildman–Crippen LogP) is 5.91. The zero-order valence-corrected chi connectivity index (χ0v) is 18.9. The Morgan fingerprint density at radius 2 is 1.71 bits per heavy atom. The van der Waals surface area contributed by atoms with Crippen LogP contribution in [0.5, 0.6) is 0 Å². The summed E-state index contributed by atoms with van der Waals surface area (Å²) in [7, 11) is 0. The summed E-state index contributed by atoms with van der Waals surface area (Å²) in [6, 6.07) is 1.35. The van der Waals surface area contributed by atoms with Gasteiger partial charge in [0, 0.05) is 6.54 Å². The quantitative estimate of drug-likeness (QED) is 0.406. The topological polar surface area (TPSA) is 73.2 Å². The van der Waals surface area contributed by atoms with Gasteiger partial charge in [0.05, 0.1) is 31.5 Å². The fourth-order valence-electron chi connectivity index (χ4n) is 2.31. The Kier molecular flexibility index (Phi) is 7.88. The third-order valence-corrected chi connectivity index (χ3v) is 5.48. The van der Waals surface area contributed by atoms with E-state index in [4.69, 9.17) is 62.7 Å². The molecule has 0 saturated carbocycles. The van der Waals surface area contributed by atoms with Gasteiger partial charge in [-0.1, -0.05) is 71.9 Å². The van der Waals surface area contributed by atoms with Crippen LogP contribution in [-0.4, -0.2) is 28.3 Å². The number of nitrogens with one attached hydrogen (secondary N) is 1. The molecule has 0 aliphatic rings. The molecule has 0 aliphatic carbocycles. The molecule has 2 rings (SSSR count). The first kappa shape index (κ1) is 23.1. The van der Waals surface area contributed by atoms with Crippen LogP contribution in [0.1, 0.15) is 29.9 Å². The Balaban J connectivity index is 2.08. The zero-order valence-electron chi connectivity index (χ0n) is 15.1. The van der Waals surface area contributed by atoms with Crippen LogP contribution in [0.15, 0.2) is 6.07 Å². The van der Waals surface area contributed by atoms with Gasteiger partial charge >= 0.3 is 5.97 Å². The van der Waals surface area contributed by atoms with Gasteiger partial charge in [0.1, 0.15) is 10.7 Å². The fraction of sp³-hybridized carbons (Fsp3) is 0.353. The molecule has 0 spiro atoms. The van der Waals surface area contributed by atoms with Gasteiger partial charge in [-0.15, -0.1) is 0 Å². The van der Waals surface area contributed by atoms with Crippen LogP contribution in [0.2, 0.25) is 25.2 Å². The molecule has 1 heterocycles. The lowest BCUT2D eigenvalue weighted by atomic mass is 10.2. The highest BCUT2D eigenvalue weighted by molar-refractivity contribution is 6.50. The number of benzene rings is 1. The number of aryl methyl sites for hydroxylation is 1. The van der Waals surface area contributed by atoms with Crippen molar-refractivity contribution in [3.63, 3.8) is 0 Å². The maximum atomic E-state index is 12.4. The minimum absolute atomic E-state index is 0.0181. The van der Waals surface area contributed by atoms with Crippen molar-refractivity contribution in [3.05, 3.63) is 42.6 Å². The molecule has 6 nitrogen and oxygen atoms in total. The smallest absolute Gasteiger partial charge is 0.343 e. The average Bonchev–Trinajstić information content (AvgIpc) is 2.87. The van der Waals surface area contributed by atoms with Crippen molar-refractivity contribution >= 4 is 75.6 Å². The molecule has 0 atom stereocenters. The number of nitrogens with zero attached hydrogens (tertiary/aromatic N) is 2. The molecule has 0 fully saturated rings. The van der Waals surface area contributed by atoms with Gasteiger partial charge in [-0.05, 0) is 18.9 Å². The van der Waals surface area contributed by atoms with Crippen LogP contribution >= 0.6 is 58.0 Å². The minimum atomic E-state index is -0.769. The molecule has 0 radical (unpaired) electrons. The average molecular weight is 488 g/mol. The van der Waals surface area contributed by atoms with E-state index in [1.807, 2.05) is 13.8 Å². The molecule has 1 amide bonds. The number of rotatable bonds is 6. The second-order valence-electron chi connectivity index (χ2n) is 6.29. The number of halogens is 5. The Labute approximate surface area is 187 Å². The van der Waals surface area contributed by atoms with Crippen molar-refractivity contribution < 1.29 is 14.3 Å². The summed E-state index contributed by atoms with van der Waals surface area (Å²) in [4.78, 5) is 24.5. The van der Waals surface area contributed by atoms with E-state index < -0.39 is 18.5 Å². The summed E-state index contributed by atoms with van der Waals surface area (Å²) in [6.07, 6.45) is 0. The highest BCUT2D eigenvalue weighted by Gasteiger charge is 2.23. The Morgan fingerprint density at radius 1 is 1.14 bits per heavy atom. The van der Waals surface area contributed by atoms with E-state index in [-0.39, 0.29) is 42.4 Å². The van der Waals surface area contributed by atoms with Crippen LogP contribution in [-0.2, 0) is 16.1 Å². The molecule has 1 N–H and O–H groups in total. The van der Waals surface area contributed by atoms with E-state index in [9.17, 15) is 9.59 Å². The maximum Gasteiger partial charge on any atom is 0.343 e. The third-order valence-electron chi connectivity index (χ3n) is 3.52. The van der Waals surface area contributed by atoms with E-state index in [1.54, 1.807) is 6.92 Å². The van der Waals surface area contributed by atoms with Gasteiger partial charge in [-0.25, -0.2) is 4.79 Å². The first-order valence-corrected chi connectivity index (χ1v) is 9.94. The lowest BCUT2D eigenvalue weighted by Gasteiger charge is -2.12. The Morgan fingerprint density at radius 3 is 2.25 bits per heavy atom. The summed E-state index contributed by atoms with van der Waals surface area (Å²) in [5, 5.41) is 7.07. The number of esters is 1. The SMILES string of the molecule is Cc1nn(CC(C)C)c(Cl)c1C(=O)OCC(=O)Nc1c(Cl)c(Cl)cc(Cl)c1Cl. The third kappa shape index (κ3) is 5.24. The highest BCUT2D eigenvalue weighted by atomic mass is 35.5. The molecule has 0 saturated heterocycles. The second-order valence-corrected chi connectivity index (χ2v) is 8.22. The van der Waals surface area contributed by atoms with Crippen molar-refractivity contribution in [2.45, 2.75) is 27.3 Å². The molecule has 0 unspecified atom stereocenters. The zero-order chi connectivity index (χ0) is 21.2. The van der Waals surface area contributed by atoms with Crippen molar-refractivity contribution in [1.29, 1.82) is 0 Å². The summed E-state index contributed by atoms with van der Waals surface area (Å²) < 4.78 is 6.56. The van der Waals surface area contributed by atoms with Gasteiger partial charge < -0.3 is 10.1 Å². The molecule has 1 aromatic carbocycles. The molecule has 11 heteroatoms. The van der Waals surface area contributed by atoms with Crippen molar-refractivity contribution in [2.24, 2.45) is 5.92 Å². The molecule has 28 heavy (non-hydrogen) atoms. The maximum absolute atomic E-state index is 12.4. The summed E-state index contributed by atoms with van der Waals surface area (Å²) in [6.45, 7) is 5.57. The van der Waals surface area contributed by atoms with Gasteiger partial charge in [-0.3, -0.25) is 9.48 Å². The normalized spacial score (nSPS) is 11.0. The monoisotopic (exact) mass is 485 g/mol. The van der Waals surface area contributed by atoms with E-state index in [1.165, 1.54) is 10.7 Å². The summed E-state index contributed by atoms with van der Waals surface area (Å²) in [5.41, 5.74) is 0.543. The molecule has 1 aromatic heterocycles. The number of amides is 1. The van der Waals surface area contributed by atoms with Crippen molar-refractivity contribution in [3.8, 4) is 0 Å². The molecule has 0 aliphatic heterocycles. The standard InChI is InChI=1S/C17H16Cl5N3O3/c1-7(2)5-25-16(22)12(8(3)24-25)17(27)28-6-11(26)23-15-13(20)9(18)4-10(19)14(15)21/h4,7H,5-6H2,1-3H3,(H,23,26). The molecule has 0 bridgehead atoms. The Hall–Kier alpha value is -1.18. The van der Waals surface area contributed by atoms with Crippen LogP contribution < -0.4 is 5.32 Å². The number of aromatic nitrogens is 2. The number of carbonyl (C=O) groups excluding carboxylic acids is 2. The summed E-state index contributed by atoms with van der Waals surface area (Å²) in [5.74, 6) is -1.17.